The molecule has 0 aliphatic rings. The maximum atomic E-state index is 13.4. The molecule has 0 aromatic heterocycles. The minimum atomic E-state index is -1.16. The Morgan fingerprint density at radius 1 is 1.39 bits per heavy atom. The molecule has 18 heavy (non-hydrogen) atoms. The maximum Gasteiger partial charge on any atom is 0.325 e. The summed E-state index contributed by atoms with van der Waals surface area (Å²) in [5, 5.41) is 2.04. The summed E-state index contributed by atoms with van der Waals surface area (Å²) in [5.74, 6) is -3.97. The number of ether oxygens (including phenoxy) is 1. The smallest absolute Gasteiger partial charge is 0.325 e. The molecule has 0 bridgehead atoms. The van der Waals surface area contributed by atoms with Crippen LogP contribution in [-0.4, -0.2) is 25.0 Å². The largest absolute Gasteiger partial charge is 0.465 e. The fourth-order valence-electron chi connectivity index (χ4n) is 1.23. The number of hydrogen-bond donors (Lipinski definition) is 2. The van der Waals surface area contributed by atoms with Gasteiger partial charge in [-0.2, -0.15) is 0 Å². The normalized spacial score (nSPS) is 9.94. The predicted molar refractivity (Wildman–Crippen MR) is 59.7 cm³/mol. The lowest BCUT2D eigenvalue weighted by Gasteiger charge is -2.08. The van der Waals surface area contributed by atoms with Crippen LogP contribution in [-0.2, 0) is 9.53 Å². The van der Waals surface area contributed by atoms with Crippen LogP contribution in [0.5, 0.6) is 0 Å². The first-order valence-corrected chi connectivity index (χ1v) is 5.14. The zero-order chi connectivity index (χ0) is 13.7. The summed E-state index contributed by atoms with van der Waals surface area (Å²) < 4.78 is 31.3. The van der Waals surface area contributed by atoms with Crippen LogP contribution in [0.3, 0.4) is 0 Å². The lowest BCUT2D eigenvalue weighted by atomic mass is 10.1. The van der Waals surface area contributed by atoms with Gasteiger partial charge in [-0.3, -0.25) is 9.59 Å². The third-order valence-electron chi connectivity index (χ3n) is 2.05. The van der Waals surface area contributed by atoms with Crippen LogP contribution < -0.4 is 11.1 Å². The molecule has 0 radical (unpaired) electrons. The molecule has 0 heterocycles. The second-order valence-electron chi connectivity index (χ2n) is 3.31. The van der Waals surface area contributed by atoms with Gasteiger partial charge in [0.25, 0.3) is 5.91 Å². The molecule has 0 aliphatic carbocycles. The van der Waals surface area contributed by atoms with Gasteiger partial charge in [0, 0.05) is 0 Å². The Bertz CT molecular complexity index is 478. The minimum Gasteiger partial charge on any atom is -0.465 e. The number of esters is 1. The zero-order valence-electron chi connectivity index (χ0n) is 9.63. The molecule has 1 aromatic rings. The van der Waals surface area contributed by atoms with Gasteiger partial charge in [0.2, 0.25) is 0 Å². The second kappa shape index (κ2) is 5.95. The van der Waals surface area contributed by atoms with E-state index in [1.54, 1.807) is 6.92 Å². The molecule has 1 aromatic carbocycles. The number of nitrogens with two attached hydrogens (primary N) is 1. The van der Waals surface area contributed by atoms with Crippen LogP contribution in [0.4, 0.5) is 14.5 Å². The standard InChI is InChI=1S/C11H12F2N2O3/c1-2-18-8(16)5-15-11(17)9-6(12)3-4-7(14)10(9)13/h3-4H,2,5,14H2,1H3,(H,15,17). The van der Waals surface area contributed by atoms with E-state index in [2.05, 4.69) is 4.74 Å². The monoisotopic (exact) mass is 258 g/mol. The Hall–Kier alpha value is -2.18. The lowest BCUT2D eigenvalue weighted by Crippen LogP contribution is -2.32. The van der Waals surface area contributed by atoms with Gasteiger partial charge in [-0.05, 0) is 19.1 Å². The van der Waals surface area contributed by atoms with Gasteiger partial charge in [0.15, 0.2) is 5.82 Å². The minimum absolute atomic E-state index is 0.149. The third kappa shape index (κ3) is 3.16. The molecule has 0 atom stereocenters. The Morgan fingerprint density at radius 2 is 2.06 bits per heavy atom. The molecule has 1 amide bonds. The van der Waals surface area contributed by atoms with Gasteiger partial charge in [0.05, 0.1) is 12.3 Å². The van der Waals surface area contributed by atoms with Crippen molar-refractivity contribution < 1.29 is 23.1 Å². The van der Waals surface area contributed by atoms with Crippen molar-refractivity contribution in [3.63, 3.8) is 0 Å². The number of anilines is 1. The fourth-order valence-corrected chi connectivity index (χ4v) is 1.23. The molecule has 98 valence electrons. The van der Waals surface area contributed by atoms with E-state index in [0.29, 0.717) is 0 Å². The molecule has 5 nitrogen and oxygen atoms in total. The molecular weight excluding hydrogens is 246 g/mol. The Morgan fingerprint density at radius 3 is 2.67 bits per heavy atom. The number of nitrogens with one attached hydrogen (secondary N) is 1. The summed E-state index contributed by atoms with van der Waals surface area (Å²) in [7, 11) is 0. The first-order valence-electron chi connectivity index (χ1n) is 5.14. The molecule has 0 fully saturated rings. The van der Waals surface area contributed by atoms with Gasteiger partial charge in [-0.15, -0.1) is 0 Å². The topological polar surface area (TPSA) is 81.4 Å². The van der Waals surface area contributed by atoms with Gasteiger partial charge in [-0.25, -0.2) is 8.78 Å². The first kappa shape index (κ1) is 13.9. The van der Waals surface area contributed by atoms with Gasteiger partial charge in [-0.1, -0.05) is 0 Å². The number of hydrogen-bond acceptors (Lipinski definition) is 4. The summed E-state index contributed by atoms with van der Waals surface area (Å²) in [6.45, 7) is 1.27. The maximum absolute atomic E-state index is 13.4. The van der Waals surface area contributed by atoms with Crippen LogP contribution in [0.1, 0.15) is 17.3 Å². The Kier molecular flexibility index (Phi) is 4.59. The van der Waals surface area contributed by atoms with Crippen molar-refractivity contribution in [2.24, 2.45) is 0 Å². The van der Waals surface area contributed by atoms with Crippen molar-refractivity contribution in [2.75, 3.05) is 18.9 Å². The number of nitrogen functional groups attached to an aromatic ring is 1. The highest BCUT2D eigenvalue weighted by Crippen LogP contribution is 2.18. The third-order valence-corrected chi connectivity index (χ3v) is 2.05. The van der Waals surface area contributed by atoms with E-state index in [9.17, 15) is 18.4 Å². The SMILES string of the molecule is CCOC(=O)CNC(=O)c1c(F)ccc(N)c1F. The van der Waals surface area contributed by atoms with E-state index in [0.717, 1.165) is 12.1 Å². The highest BCUT2D eigenvalue weighted by molar-refractivity contribution is 5.97. The highest BCUT2D eigenvalue weighted by Gasteiger charge is 2.20. The number of halogens is 2. The van der Waals surface area contributed by atoms with Gasteiger partial charge >= 0.3 is 5.97 Å². The quantitative estimate of drug-likeness (QED) is 0.619. The van der Waals surface area contributed by atoms with Crippen molar-refractivity contribution >= 4 is 17.6 Å². The number of amides is 1. The summed E-state index contributed by atoms with van der Waals surface area (Å²) in [4.78, 5) is 22.5. The van der Waals surface area contributed by atoms with E-state index in [-0.39, 0.29) is 12.3 Å². The highest BCUT2D eigenvalue weighted by atomic mass is 19.1. The molecule has 0 aliphatic heterocycles. The molecule has 0 unspecified atom stereocenters. The molecule has 0 saturated heterocycles. The van der Waals surface area contributed by atoms with E-state index < -0.39 is 35.6 Å². The van der Waals surface area contributed by atoms with Crippen molar-refractivity contribution in [3.8, 4) is 0 Å². The zero-order valence-corrected chi connectivity index (χ0v) is 9.63. The Labute approximate surface area is 102 Å². The van der Waals surface area contributed by atoms with E-state index in [1.165, 1.54) is 0 Å². The number of carbonyl (C=O) groups excluding carboxylic acids is 2. The molecule has 3 N–H and O–H groups in total. The molecule has 0 spiro atoms. The van der Waals surface area contributed by atoms with Crippen LogP contribution in [0, 0.1) is 11.6 Å². The van der Waals surface area contributed by atoms with Crippen LogP contribution in [0.2, 0.25) is 0 Å². The van der Waals surface area contributed by atoms with E-state index in [1.807, 2.05) is 5.32 Å². The van der Waals surface area contributed by atoms with Crippen LogP contribution in [0.15, 0.2) is 12.1 Å². The lowest BCUT2D eigenvalue weighted by molar-refractivity contribution is -0.141. The van der Waals surface area contributed by atoms with Crippen LogP contribution in [0.25, 0.3) is 0 Å². The van der Waals surface area contributed by atoms with Crippen molar-refractivity contribution in [2.45, 2.75) is 6.92 Å². The van der Waals surface area contributed by atoms with Crippen molar-refractivity contribution in [1.82, 2.24) is 5.32 Å². The summed E-state index contributed by atoms with van der Waals surface area (Å²) in [5.41, 5.74) is 4.05. The summed E-state index contributed by atoms with van der Waals surface area (Å²) in [6, 6.07) is 1.88. The molecule has 7 heteroatoms. The first-order chi connectivity index (χ1) is 8.47. The number of carbonyl (C=O) groups is 2. The van der Waals surface area contributed by atoms with Gasteiger partial charge in [0.1, 0.15) is 17.9 Å². The average molecular weight is 258 g/mol. The van der Waals surface area contributed by atoms with Crippen molar-refractivity contribution in [1.29, 1.82) is 0 Å². The Balaban J connectivity index is 2.79. The summed E-state index contributed by atoms with van der Waals surface area (Å²) >= 11 is 0. The van der Waals surface area contributed by atoms with E-state index in [4.69, 9.17) is 5.73 Å². The summed E-state index contributed by atoms with van der Waals surface area (Å²) in [6.07, 6.45) is 0. The van der Waals surface area contributed by atoms with Gasteiger partial charge < -0.3 is 15.8 Å². The van der Waals surface area contributed by atoms with Crippen LogP contribution >= 0.6 is 0 Å². The molecular formula is C11H12F2N2O3. The predicted octanol–water partition coefficient (Wildman–Crippen LogP) is 0.840. The number of benzene rings is 1. The second-order valence-corrected chi connectivity index (χ2v) is 3.31. The average Bonchev–Trinajstić information content (AvgIpc) is 2.32. The van der Waals surface area contributed by atoms with Crippen molar-refractivity contribution in [3.05, 3.63) is 29.3 Å². The van der Waals surface area contributed by atoms with E-state index >= 15 is 0 Å². The number of rotatable bonds is 4. The molecule has 0 saturated carbocycles. The fraction of sp³-hybridized carbons (Fsp3) is 0.273. The molecule has 1 rings (SSSR count).